The molecule has 0 spiro atoms. The van der Waals surface area contributed by atoms with Crippen molar-refractivity contribution >= 4 is 16.3 Å². The first kappa shape index (κ1) is 14.3. The second kappa shape index (κ2) is 5.64. The number of fused-ring (bicyclic) bond motifs is 1. The van der Waals surface area contributed by atoms with Crippen molar-refractivity contribution in [2.24, 2.45) is 0 Å². The van der Waals surface area contributed by atoms with E-state index in [1.54, 1.807) is 0 Å². The lowest BCUT2D eigenvalue weighted by atomic mass is 9.93. The van der Waals surface area contributed by atoms with Crippen molar-refractivity contribution < 1.29 is 4.73 Å². The van der Waals surface area contributed by atoms with Gasteiger partial charge in [0, 0.05) is 17.4 Å². The van der Waals surface area contributed by atoms with Gasteiger partial charge in [-0.05, 0) is 18.6 Å². The molecule has 2 nitrogen and oxygen atoms in total. The number of nitrogens with zero attached hydrogens (tertiary/aromatic N) is 1. The van der Waals surface area contributed by atoms with E-state index in [4.69, 9.17) is 0 Å². The highest BCUT2D eigenvalue weighted by Crippen LogP contribution is 2.34. The topological polar surface area (TPSA) is 26.9 Å². The number of pyridine rings is 1. The second-order valence-corrected chi connectivity index (χ2v) is 5.51. The molecule has 0 saturated heterocycles. The summed E-state index contributed by atoms with van der Waals surface area (Å²) in [6.45, 7) is 7.94. The summed E-state index contributed by atoms with van der Waals surface area (Å²) in [5.41, 5.74) is 4.27. The largest absolute Gasteiger partial charge is 0.618 e. The number of aryl methyl sites for hydroxylation is 1. The highest BCUT2D eigenvalue weighted by atomic mass is 16.5. The van der Waals surface area contributed by atoms with Gasteiger partial charge in [0.25, 0.3) is 0 Å². The van der Waals surface area contributed by atoms with Gasteiger partial charge < -0.3 is 5.21 Å². The first-order valence-corrected chi connectivity index (χ1v) is 7.53. The predicted octanol–water partition coefficient (Wildman–Crippen LogP) is 4.74. The fourth-order valence-corrected chi connectivity index (χ4v) is 3.04. The number of allylic oxidation sites excluding steroid dienone is 1. The van der Waals surface area contributed by atoms with Gasteiger partial charge in [-0.1, -0.05) is 62.0 Å². The second-order valence-electron chi connectivity index (χ2n) is 5.51. The van der Waals surface area contributed by atoms with Crippen LogP contribution < -0.4 is 4.73 Å². The Morgan fingerprint density at radius 2 is 1.59 bits per heavy atom. The van der Waals surface area contributed by atoms with Crippen molar-refractivity contribution in [2.45, 2.75) is 20.3 Å². The minimum atomic E-state index is 0.668. The summed E-state index contributed by atoms with van der Waals surface area (Å²) in [5.74, 6) is 0. The fourth-order valence-electron chi connectivity index (χ4n) is 3.04. The van der Waals surface area contributed by atoms with Crippen LogP contribution >= 0.6 is 0 Å². The molecule has 3 aromatic rings. The first-order valence-electron chi connectivity index (χ1n) is 7.53. The molecule has 22 heavy (non-hydrogen) atoms. The molecule has 0 radical (unpaired) electrons. The van der Waals surface area contributed by atoms with Gasteiger partial charge in [-0.15, -0.1) is 0 Å². The average molecular weight is 289 g/mol. The summed E-state index contributed by atoms with van der Waals surface area (Å²) in [4.78, 5) is 0. The zero-order valence-electron chi connectivity index (χ0n) is 13.0. The third-order valence-corrected chi connectivity index (χ3v) is 3.99. The zero-order chi connectivity index (χ0) is 15.7. The summed E-state index contributed by atoms with van der Waals surface area (Å²) in [6.07, 6.45) is 0.694. The normalized spacial score (nSPS) is 10.8. The zero-order valence-corrected chi connectivity index (χ0v) is 13.0. The molecule has 0 amide bonds. The minimum Gasteiger partial charge on any atom is -0.618 e. The van der Waals surface area contributed by atoms with E-state index in [1.807, 2.05) is 62.4 Å². The van der Waals surface area contributed by atoms with Crippen LogP contribution in [0.3, 0.4) is 0 Å². The van der Waals surface area contributed by atoms with Crippen molar-refractivity contribution in [3.63, 3.8) is 0 Å². The standard InChI is InChI=1S/C20H19NO/c1-4-18-16-12-8-9-13-17(16)19(15-10-6-5-7-11-15)20(14(2)3)21(18)22/h5-13H,2,4H2,1,3H3. The molecule has 2 heteroatoms. The van der Waals surface area contributed by atoms with Gasteiger partial charge in [-0.25, -0.2) is 0 Å². The van der Waals surface area contributed by atoms with E-state index in [2.05, 4.69) is 12.6 Å². The average Bonchev–Trinajstić information content (AvgIpc) is 2.54. The number of hydrogen-bond donors (Lipinski definition) is 0. The molecule has 1 heterocycles. The van der Waals surface area contributed by atoms with E-state index in [9.17, 15) is 5.21 Å². The van der Waals surface area contributed by atoms with Crippen LogP contribution in [0.25, 0.3) is 27.5 Å². The molecule has 0 unspecified atom stereocenters. The van der Waals surface area contributed by atoms with Gasteiger partial charge in [0.15, 0.2) is 0 Å². The Hall–Kier alpha value is -2.61. The van der Waals surface area contributed by atoms with Crippen LogP contribution in [0.1, 0.15) is 25.2 Å². The predicted molar refractivity (Wildman–Crippen MR) is 92.4 cm³/mol. The van der Waals surface area contributed by atoms with E-state index < -0.39 is 0 Å². The Bertz CT molecular complexity index is 850. The quantitative estimate of drug-likeness (QED) is 0.505. The van der Waals surface area contributed by atoms with Crippen LogP contribution in [0.5, 0.6) is 0 Å². The van der Waals surface area contributed by atoms with Crippen molar-refractivity contribution in [3.05, 3.63) is 77.8 Å². The maximum atomic E-state index is 12.9. The SMILES string of the molecule is C=C(C)c1c(-c2ccccc2)c2ccccc2c(CC)[n+]1[O-]. The number of hydrogen-bond acceptors (Lipinski definition) is 1. The summed E-state index contributed by atoms with van der Waals surface area (Å²) < 4.78 is 1.06. The summed E-state index contributed by atoms with van der Waals surface area (Å²) >= 11 is 0. The molecule has 2 aromatic carbocycles. The van der Waals surface area contributed by atoms with Gasteiger partial charge in [-0.3, -0.25) is 0 Å². The molecular formula is C20H19NO. The summed E-state index contributed by atoms with van der Waals surface area (Å²) in [6, 6.07) is 18.2. The molecule has 0 aliphatic rings. The van der Waals surface area contributed by atoms with Crippen molar-refractivity contribution in [2.75, 3.05) is 0 Å². The Morgan fingerprint density at radius 3 is 2.18 bits per heavy atom. The van der Waals surface area contributed by atoms with Gasteiger partial charge in [-0.2, -0.15) is 4.73 Å². The van der Waals surface area contributed by atoms with Crippen molar-refractivity contribution in [1.29, 1.82) is 0 Å². The van der Waals surface area contributed by atoms with Crippen LogP contribution in [0.15, 0.2) is 61.2 Å². The monoisotopic (exact) mass is 289 g/mol. The smallest absolute Gasteiger partial charge is 0.227 e. The summed E-state index contributed by atoms with van der Waals surface area (Å²) in [5, 5.41) is 15.0. The molecule has 0 N–H and O–H groups in total. The van der Waals surface area contributed by atoms with Gasteiger partial charge in [0.2, 0.25) is 11.4 Å². The van der Waals surface area contributed by atoms with Crippen LogP contribution in [0.2, 0.25) is 0 Å². The van der Waals surface area contributed by atoms with E-state index in [0.717, 1.165) is 37.9 Å². The number of aromatic nitrogens is 1. The third kappa shape index (κ3) is 2.17. The van der Waals surface area contributed by atoms with Gasteiger partial charge >= 0.3 is 0 Å². The molecule has 110 valence electrons. The Labute approximate surface area is 130 Å². The third-order valence-electron chi connectivity index (χ3n) is 3.99. The molecule has 0 bridgehead atoms. The van der Waals surface area contributed by atoms with E-state index >= 15 is 0 Å². The molecule has 1 aromatic heterocycles. The van der Waals surface area contributed by atoms with Crippen LogP contribution in [0.4, 0.5) is 0 Å². The number of rotatable bonds is 3. The number of benzene rings is 2. The van der Waals surface area contributed by atoms with Crippen molar-refractivity contribution in [1.82, 2.24) is 0 Å². The molecule has 0 fully saturated rings. The molecule has 0 saturated carbocycles. The molecule has 0 atom stereocenters. The van der Waals surface area contributed by atoms with E-state index in [0.29, 0.717) is 12.1 Å². The highest BCUT2D eigenvalue weighted by molar-refractivity contribution is 6.00. The summed E-state index contributed by atoms with van der Waals surface area (Å²) in [7, 11) is 0. The molecule has 3 rings (SSSR count). The maximum Gasteiger partial charge on any atom is 0.227 e. The van der Waals surface area contributed by atoms with Gasteiger partial charge in [0.1, 0.15) is 0 Å². The van der Waals surface area contributed by atoms with E-state index in [-0.39, 0.29) is 0 Å². The van der Waals surface area contributed by atoms with E-state index in [1.165, 1.54) is 0 Å². The Morgan fingerprint density at radius 1 is 1.00 bits per heavy atom. The molecular weight excluding hydrogens is 270 g/mol. The van der Waals surface area contributed by atoms with Gasteiger partial charge in [0.05, 0.1) is 10.9 Å². The molecule has 0 aliphatic carbocycles. The first-order chi connectivity index (χ1) is 10.6. The lowest BCUT2D eigenvalue weighted by Crippen LogP contribution is -2.37. The fraction of sp³-hybridized carbons (Fsp3) is 0.150. The Balaban J connectivity index is 2.54. The van der Waals surface area contributed by atoms with Crippen LogP contribution in [-0.2, 0) is 6.42 Å². The van der Waals surface area contributed by atoms with Crippen LogP contribution in [-0.4, -0.2) is 0 Å². The molecule has 0 aliphatic heterocycles. The maximum absolute atomic E-state index is 12.9. The Kier molecular flexibility index (Phi) is 3.68. The highest BCUT2D eigenvalue weighted by Gasteiger charge is 2.23. The minimum absolute atomic E-state index is 0.668. The lowest BCUT2D eigenvalue weighted by molar-refractivity contribution is -0.614. The lowest BCUT2D eigenvalue weighted by Gasteiger charge is -2.17. The van der Waals surface area contributed by atoms with Crippen molar-refractivity contribution in [3.8, 4) is 11.1 Å². The van der Waals surface area contributed by atoms with Crippen LogP contribution in [0, 0.1) is 5.21 Å².